The Balaban J connectivity index is 0.00000576. The Morgan fingerprint density at radius 3 is 2.48 bits per heavy atom. The van der Waals surface area contributed by atoms with Gasteiger partial charge in [0.15, 0.2) is 5.96 Å². The molecular formula is C18H33IN4O2. The van der Waals surface area contributed by atoms with E-state index < -0.39 is 0 Å². The van der Waals surface area contributed by atoms with Gasteiger partial charge in [0.05, 0.1) is 12.7 Å². The maximum atomic E-state index is 5.55. The number of nitrogens with one attached hydrogen (secondary N) is 2. The van der Waals surface area contributed by atoms with Crippen molar-refractivity contribution in [3.63, 3.8) is 0 Å². The van der Waals surface area contributed by atoms with Gasteiger partial charge in [0.1, 0.15) is 0 Å². The predicted octanol–water partition coefficient (Wildman–Crippen LogP) is 3.21. The highest BCUT2D eigenvalue weighted by molar-refractivity contribution is 14.0. The van der Waals surface area contributed by atoms with Gasteiger partial charge in [0.25, 0.3) is 0 Å². The highest BCUT2D eigenvalue weighted by atomic mass is 127. The first-order valence-electron chi connectivity index (χ1n) is 8.45. The summed E-state index contributed by atoms with van der Waals surface area (Å²) in [6, 6.07) is 3.90. The fraction of sp³-hybridized carbons (Fsp3) is 0.667. The molecule has 1 atom stereocenters. The molecule has 0 bridgehead atoms. The normalized spacial score (nSPS) is 13.0. The number of rotatable bonds is 8. The van der Waals surface area contributed by atoms with Crippen LogP contribution in [0.4, 0.5) is 0 Å². The van der Waals surface area contributed by atoms with Gasteiger partial charge in [-0.3, -0.25) is 4.99 Å². The molecule has 0 radical (unpaired) electrons. The minimum absolute atomic E-state index is 0. The predicted molar refractivity (Wildman–Crippen MR) is 114 cm³/mol. The molecule has 0 spiro atoms. The minimum Gasteiger partial charge on any atom is -0.478 e. The average molecular weight is 464 g/mol. The number of ether oxygens (including phenoxy) is 2. The number of aromatic nitrogens is 1. The second kappa shape index (κ2) is 12.3. The fourth-order valence-corrected chi connectivity index (χ4v) is 2.15. The van der Waals surface area contributed by atoms with E-state index in [1.165, 1.54) is 0 Å². The summed E-state index contributed by atoms with van der Waals surface area (Å²) < 4.78 is 11.0. The molecule has 6 nitrogen and oxygen atoms in total. The van der Waals surface area contributed by atoms with E-state index in [0.717, 1.165) is 17.9 Å². The fourth-order valence-electron chi connectivity index (χ4n) is 2.15. The number of nitrogens with zero attached hydrogens (tertiary/aromatic N) is 2. The maximum absolute atomic E-state index is 5.55. The van der Waals surface area contributed by atoms with Crippen LogP contribution in [0.5, 0.6) is 5.88 Å². The molecule has 0 saturated heterocycles. The smallest absolute Gasteiger partial charge is 0.213 e. The summed E-state index contributed by atoms with van der Waals surface area (Å²) in [6.45, 7) is 10.6. The molecule has 0 aromatic carbocycles. The molecule has 1 heterocycles. The third-order valence-electron chi connectivity index (χ3n) is 3.64. The quantitative estimate of drug-likeness (QED) is 0.352. The molecule has 0 aliphatic heterocycles. The lowest BCUT2D eigenvalue weighted by Gasteiger charge is -2.30. The van der Waals surface area contributed by atoms with Gasteiger partial charge in [-0.1, -0.05) is 33.8 Å². The molecule has 1 rings (SSSR count). The molecule has 1 unspecified atom stereocenters. The van der Waals surface area contributed by atoms with Gasteiger partial charge in [-0.15, -0.1) is 24.0 Å². The van der Waals surface area contributed by atoms with E-state index in [1.807, 2.05) is 18.3 Å². The zero-order valence-corrected chi connectivity index (χ0v) is 18.6. The van der Waals surface area contributed by atoms with Crippen LogP contribution in [0.3, 0.4) is 0 Å². The van der Waals surface area contributed by atoms with Crippen molar-refractivity contribution in [3.8, 4) is 5.88 Å². The Kier molecular flexibility index (Phi) is 11.8. The van der Waals surface area contributed by atoms with Gasteiger partial charge in [0.2, 0.25) is 5.88 Å². The van der Waals surface area contributed by atoms with Crippen LogP contribution in [0, 0.1) is 5.41 Å². The van der Waals surface area contributed by atoms with Crippen molar-refractivity contribution in [2.75, 3.05) is 27.3 Å². The first-order chi connectivity index (χ1) is 11.4. The van der Waals surface area contributed by atoms with E-state index in [0.29, 0.717) is 25.6 Å². The molecule has 25 heavy (non-hydrogen) atoms. The van der Waals surface area contributed by atoms with E-state index >= 15 is 0 Å². The summed E-state index contributed by atoms with van der Waals surface area (Å²) in [5, 5.41) is 6.59. The SMILES string of the molecule is CCCOc1ccc(CNC(=NC)NCC(OC)C(C)(C)C)cn1.I. The van der Waals surface area contributed by atoms with Crippen molar-refractivity contribution >= 4 is 29.9 Å². The molecule has 144 valence electrons. The van der Waals surface area contributed by atoms with Crippen molar-refractivity contribution in [2.45, 2.75) is 46.8 Å². The first-order valence-corrected chi connectivity index (χ1v) is 8.45. The summed E-state index contributed by atoms with van der Waals surface area (Å²) in [5.41, 5.74) is 1.14. The summed E-state index contributed by atoms with van der Waals surface area (Å²) in [5.74, 6) is 1.41. The van der Waals surface area contributed by atoms with Crippen molar-refractivity contribution in [1.82, 2.24) is 15.6 Å². The van der Waals surface area contributed by atoms with Gasteiger partial charge in [0, 0.05) is 39.5 Å². The highest BCUT2D eigenvalue weighted by Crippen LogP contribution is 2.20. The summed E-state index contributed by atoms with van der Waals surface area (Å²) in [4.78, 5) is 8.54. The number of methoxy groups -OCH3 is 1. The largest absolute Gasteiger partial charge is 0.478 e. The second-order valence-corrected chi connectivity index (χ2v) is 6.75. The second-order valence-electron chi connectivity index (χ2n) is 6.75. The van der Waals surface area contributed by atoms with Crippen molar-refractivity contribution in [2.24, 2.45) is 10.4 Å². The Hall–Kier alpha value is -1.09. The molecule has 0 saturated carbocycles. The van der Waals surface area contributed by atoms with Gasteiger partial charge < -0.3 is 20.1 Å². The maximum Gasteiger partial charge on any atom is 0.213 e. The van der Waals surface area contributed by atoms with E-state index in [-0.39, 0.29) is 35.5 Å². The Bertz CT molecular complexity index is 501. The third kappa shape index (κ3) is 9.25. The molecule has 1 aromatic rings. The zero-order chi connectivity index (χ0) is 18.0. The molecule has 0 fully saturated rings. The first kappa shape index (κ1) is 23.9. The third-order valence-corrected chi connectivity index (χ3v) is 3.64. The zero-order valence-electron chi connectivity index (χ0n) is 16.3. The van der Waals surface area contributed by atoms with E-state index in [1.54, 1.807) is 14.2 Å². The van der Waals surface area contributed by atoms with Crippen molar-refractivity contribution in [3.05, 3.63) is 23.9 Å². The van der Waals surface area contributed by atoms with Crippen LogP contribution in [0.2, 0.25) is 0 Å². The molecule has 0 aliphatic carbocycles. The Morgan fingerprint density at radius 2 is 2.00 bits per heavy atom. The Morgan fingerprint density at radius 1 is 1.28 bits per heavy atom. The van der Waals surface area contributed by atoms with E-state index in [2.05, 4.69) is 48.3 Å². The van der Waals surface area contributed by atoms with Crippen LogP contribution in [0.15, 0.2) is 23.3 Å². The van der Waals surface area contributed by atoms with Gasteiger partial charge in [-0.05, 0) is 17.4 Å². The van der Waals surface area contributed by atoms with E-state index in [4.69, 9.17) is 9.47 Å². The minimum atomic E-state index is 0. The van der Waals surface area contributed by atoms with Crippen molar-refractivity contribution in [1.29, 1.82) is 0 Å². The molecule has 1 aromatic heterocycles. The number of hydrogen-bond donors (Lipinski definition) is 2. The number of guanidine groups is 1. The molecule has 0 aliphatic rings. The number of aliphatic imine (C=N–C) groups is 1. The number of pyridine rings is 1. The van der Waals surface area contributed by atoms with Crippen LogP contribution in [-0.4, -0.2) is 44.4 Å². The Labute approximate surface area is 169 Å². The van der Waals surface area contributed by atoms with Gasteiger partial charge >= 0.3 is 0 Å². The molecule has 7 heteroatoms. The van der Waals surface area contributed by atoms with Crippen LogP contribution in [0.1, 0.15) is 39.7 Å². The van der Waals surface area contributed by atoms with Gasteiger partial charge in [-0.25, -0.2) is 4.98 Å². The lowest BCUT2D eigenvalue weighted by Crippen LogP contribution is -2.45. The standard InChI is InChI=1S/C18H32N4O2.HI/c1-7-10-24-16-9-8-14(11-20-16)12-21-17(19-5)22-13-15(23-6)18(2,3)4;/h8-9,11,15H,7,10,12-13H2,1-6H3,(H2,19,21,22);1H. The highest BCUT2D eigenvalue weighted by Gasteiger charge is 2.24. The van der Waals surface area contributed by atoms with Crippen molar-refractivity contribution < 1.29 is 9.47 Å². The summed E-state index contributed by atoms with van der Waals surface area (Å²) in [6.07, 6.45) is 2.90. The van der Waals surface area contributed by atoms with E-state index in [9.17, 15) is 0 Å². The lowest BCUT2D eigenvalue weighted by atomic mass is 9.89. The van der Waals surface area contributed by atoms with Crippen LogP contribution >= 0.6 is 24.0 Å². The lowest BCUT2D eigenvalue weighted by molar-refractivity contribution is 0.0205. The summed E-state index contributed by atoms with van der Waals surface area (Å²) in [7, 11) is 3.50. The summed E-state index contributed by atoms with van der Waals surface area (Å²) >= 11 is 0. The molecule has 2 N–H and O–H groups in total. The number of halogens is 1. The molecule has 0 amide bonds. The number of hydrogen-bond acceptors (Lipinski definition) is 4. The molecular weight excluding hydrogens is 431 g/mol. The van der Waals surface area contributed by atoms with Crippen LogP contribution < -0.4 is 15.4 Å². The monoisotopic (exact) mass is 464 g/mol. The van der Waals surface area contributed by atoms with Crippen LogP contribution in [0.25, 0.3) is 0 Å². The van der Waals surface area contributed by atoms with Crippen LogP contribution in [-0.2, 0) is 11.3 Å². The topological polar surface area (TPSA) is 67.8 Å². The van der Waals surface area contributed by atoms with Gasteiger partial charge in [-0.2, -0.15) is 0 Å². The average Bonchev–Trinajstić information content (AvgIpc) is 2.56.